The number of benzene rings is 1. The molecule has 0 saturated carbocycles. The average molecular weight is 425 g/mol. The molecule has 2 aliphatic rings. The first-order chi connectivity index (χ1) is 15.5. The van der Waals surface area contributed by atoms with Crippen molar-refractivity contribution >= 4 is 11.7 Å². The van der Waals surface area contributed by atoms with Crippen LogP contribution < -0.4 is 4.90 Å². The number of carbonyl (C=O) groups is 1. The number of pyridine rings is 1. The summed E-state index contributed by atoms with van der Waals surface area (Å²) in [6, 6.07) is 10.3. The van der Waals surface area contributed by atoms with Crippen molar-refractivity contribution in [3.8, 4) is 17.2 Å². The Morgan fingerprint density at radius 3 is 2.78 bits per heavy atom. The number of carbonyl (C=O) groups excluding carboxylic acids is 1. The minimum atomic E-state index is -0.0105. The lowest BCUT2D eigenvalue weighted by Gasteiger charge is -2.20. The quantitative estimate of drug-likeness (QED) is 0.492. The van der Waals surface area contributed by atoms with Gasteiger partial charge >= 0.3 is 0 Å². The SMILES string of the molecule is Cc1ncn2c1CCc1cc3c(cc1-2)C(=O)N(c1cccc(-c2nccn2C(C)C)n1)C3. The number of fused-ring (bicyclic) bond motifs is 4. The Hall–Kier alpha value is -3.74. The third-order valence-electron chi connectivity index (χ3n) is 6.54. The van der Waals surface area contributed by atoms with E-state index in [9.17, 15) is 4.79 Å². The number of nitrogens with zero attached hydrogens (tertiary/aromatic N) is 6. The Morgan fingerprint density at radius 2 is 1.94 bits per heavy atom. The third kappa shape index (κ3) is 2.74. The van der Waals surface area contributed by atoms with Crippen LogP contribution in [0.4, 0.5) is 5.82 Å². The smallest absolute Gasteiger partial charge is 0.260 e. The van der Waals surface area contributed by atoms with Gasteiger partial charge in [-0.1, -0.05) is 12.1 Å². The van der Waals surface area contributed by atoms with E-state index in [4.69, 9.17) is 4.98 Å². The van der Waals surface area contributed by atoms with Crippen molar-refractivity contribution in [1.29, 1.82) is 0 Å². The van der Waals surface area contributed by atoms with Gasteiger partial charge in [0.2, 0.25) is 0 Å². The Balaban J connectivity index is 1.38. The van der Waals surface area contributed by atoms with Crippen LogP contribution >= 0.6 is 0 Å². The van der Waals surface area contributed by atoms with Crippen LogP contribution in [0.5, 0.6) is 0 Å². The number of rotatable bonds is 3. The first-order valence-corrected chi connectivity index (χ1v) is 11.0. The second kappa shape index (κ2) is 6.88. The van der Waals surface area contributed by atoms with Crippen molar-refractivity contribution in [2.45, 2.75) is 46.2 Å². The molecule has 3 aromatic heterocycles. The van der Waals surface area contributed by atoms with Gasteiger partial charge in [-0.15, -0.1) is 0 Å². The maximum absolute atomic E-state index is 13.4. The van der Waals surface area contributed by atoms with E-state index in [-0.39, 0.29) is 11.9 Å². The van der Waals surface area contributed by atoms with E-state index in [0.717, 1.165) is 46.9 Å². The van der Waals surface area contributed by atoms with Crippen LogP contribution in [0, 0.1) is 6.92 Å². The average Bonchev–Trinajstić information content (AvgIpc) is 3.51. The molecular weight excluding hydrogens is 400 g/mol. The van der Waals surface area contributed by atoms with Gasteiger partial charge in [-0.25, -0.2) is 15.0 Å². The van der Waals surface area contributed by atoms with E-state index in [1.807, 2.05) is 43.7 Å². The number of aryl methyl sites for hydroxylation is 2. The number of imidazole rings is 2. The summed E-state index contributed by atoms with van der Waals surface area (Å²) in [5.74, 6) is 1.45. The van der Waals surface area contributed by atoms with Crippen molar-refractivity contribution in [1.82, 2.24) is 24.1 Å². The number of hydrogen-bond donors (Lipinski definition) is 0. The summed E-state index contributed by atoms with van der Waals surface area (Å²) in [5.41, 5.74) is 7.21. The van der Waals surface area contributed by atoms with Gasteiger partial charge in [0.1, 0.15) is 11.5 Å². The highest BCUT2D eigenvalue weighted by atomic mass is 16.2. The minimum absolute atomic E-state index is 0.0105. The molecule has 0 radical (unpaired) electrons. The second-order valence-corrected chi connectivity index (χ2v) is 8.81. The van der Waals surface area contributed by atoms with Crippen molar-refractivity contribution in [3.63, 3.8) is 0 Å². The molecule has 6 rings (SSSR count). The molecule has 0 unspecified atom stereocenters. The number of anilines is 1. The van der Waals surface area contributed by atoms with E-state index in [1.165, 1.54) is 11.3 Å². The van der Waals surface area contributed by atoms with Gasteiger partial charge in [0, 0.05) is 29.7 Å². The summed E-state index contributed by atoms with van der Waals surface area (Å²) < 4.78 is 4.22. The lowest BCUT2D eigenvalue weighted by atomic mass is 9.96. The molecule has 0 aliphatic carbocycles. The van der Waals surface area contributed by atoms with Crippen LogP contribution in [0.3, 0.4) is 0 Å². The predicted octanol–water partition coefficient (Wildman–Crippen LogP) is 4.28. The highest BCUT2D eigenvalue weighted by Gasteiger charge is 2.32. The Labute approximate surface area is 186 Å². The van der Waals surface area contributed by atoms with Gasteiger partial charge < -0.3 is 9.13 Å². The van der Waals surface area contributed by atoms with Crippen LogP contribution in [0.25, 0.3) is 17.2 Å². The molecule has 7 heteroatoms. The fourth-order valence-electron chi connectivity index (χ4n) is 4.86. The molecule has 1 aromatic carbocycles. The van der Waals surface area contributed by atoms with Gasteiger partial charge in [0.15, 0.2) is 5.82 Å². The Bertz CT molecular complexity index is 1380. The summed E-state index contributed by atoms with van der Waals surface area (Å²) in [5, 5.41) is 0. The fourth-order valence-corrected chi connectivity index (χ4v) is 4.86. The predicted molar refractivity (Wildman–Crippen MR) is 122 cm³/mol. The zero-order valence-corrected chi connectivity index (χ0v) is 18.4. The number of hydrogen-bond acceptors (Lipinski definition) is 4. The molecule has 0 N–H and O–H groups in total. The molecule has 4 aromatic rings. The van der Waals surface area contributed by atoms with Crippen LogP contribution in [0.15, 0.2) is 49.1 Å². The highest BCUT2D eigenvalue weighted by Crippen LogP contribution is 2.35. The molecule has 1 amide bonds. The second-order valence-electron chi connectivity index (χ2n) is 8.81. The molecule has 160 valence electrons. The molecule has 7 nitrogen and oxygen atoms in total. The molecule has 0 fully saturated rings. The van der Waals surface area contributed by atoms with Gasteiger partial charge in [-0.2, -0.15) is 0 Å². The van der Waals surface area contributed by atoms with Gasteiger partial charge in [-0.3, -0.25) is 9.69 Å². The Morgan fingerprint density at radius 1 is 1.06 bits per heavy atom. The minimum Gasteiger partial charge on any atom is -0.327 e. The molecule has 2 aliphatic heterocycles. The summed E-state index contributed by atoms with van der Waals surface area (Å²) in [6.45, 7) is 6.81. The maximum Gasteiger partial charge on any atom is 0.260 e. The van der Waals surface area contributed by atoms with Crippen molar-refractivity contribution in [3.05, 3.63) is 77.1 Å². The zero-order valence-electron chi connectivity index (χ0n) is 18.4. The fraction of sp³-hybridized carbons (Fsp3) is 0.280. The number of aromatic nitrogens is 5. The normalized spacial score (nSPS) is 14.6. The molecular formula is C25H24N6O. The van der Waals surface area contributed by atoms with Crippen LogP contribution in [-0.2, 0) is 19.4 Å². The van der Waals surface area contributed by atoms with E-state index in [0.29, 0.717) is 12.4 Å². The van der Waals surface area contributed by atoms with Gasteiger partial charge in [0.25, 0.3) is 5.91 Å². The zero-order chi connectivity index (χ0) is 22.0. The lowest BCUT2D eigenvalue weighted by Crippen LogP contribution is -2.24. The number of amides is 1. The summed E-state index contributed by atoms with van der Waals surface area (Å²) in [7, 11) is 0. The van der Waals surface area contributed by atoms with E-state index in [2.05, 4.69) is 39.0 Å². The third-order valence-corrected chi connectivity index (χ3v) is 6.54. The van der Waals surface area contributed by atoms with Gasteiger partial charge in [-0.05, 0) is 62.9 Å². The van der Waals surface area contributed by atoms with Crippen LogP contribution in [-0.4, -0.2) is 30.0 Å². The monoisotopic (exact) mass is 424 g/mol. The maximum atomic E-state index is 13.4. The molecule has 5 heterocycles. The molecule has 0 atom stereocenters. The van der Waals surface area contributed by atoms with Gasteiger partial charge in [0.05, 0.1) is 24.3 Å². The Kier molecular flexibility index (Phi) is 4.08. The topological polar surface area (TPSA) is 68.8 Å². The summed E-state index contributed by atoms with van der Waals surface area (Å²) in [6.07, 6.45) is 7.56. The molecule has 0 bridgehead atoms. The van der Waals surface area contributed by atoms with Crippen molar-refractivity contribution in [2.75, 3.05) is 4.90 Å². The van der Waals surface area contributed by atoms with E-state index < -0.39 is 0 Å². The van der Waals surface area contributed by atoms with Crippen molar-refractivity contribution in [2.24, 2.45) is 0 Å². The molecule has 32 heavy (non-hydrogen) atoms. The highest BCUT2D eigenvalue weighted by molar-refractivity contribution is 6.10. The summed E-state index contributed by atoms with van der Waals surface area (Å²) in [4.78, 5) is 29.0. The van der Waals surface area contributed by atoms with E-state index in [1.54, 1.807) is 11.1 Å². The molecule has 0 spiro atoms. The standard InChI is InChI=1S/C25H24N6O/c1-15(2)29-10-9-26-24(29)20-5-4-6-23(28-20)30-13-18-11-17-7-8-21-16(3)27-14-31(21)22(17)12-19(18)25(30)32/h4-6,9-12,14-15H,7-8,13H2,1-3H3. The lowest BCUT2D eigenvalue weighted by molar-refractivity contribution is 0.0996. The van der Waals surface area contributed by atoms with E-state index >= 15 is 0 Å². The van der Waals surface area contributed by atoms with Crippen molar-refractivity contribution < 1.29 is 4.79 Å². The van der Waals surface area contributed by atoms with Crippen LogP contribution in [0.2, 0.25) is 0 Å². The first-order valence-electron chi connectivity index (χ1n) is 11.0. The largest absolute Gasteiger partial charge is 0.327 e. The first kappa shape index (κ1) is 19.0. The summed E-state index contributed by atoms with van der Waals surface area (Å²) >= 11 is 0. The molecule has 0 saturated heterocycles. The van der Waals surface area contributed by atoms with Crippen LogP contribution in [0.1, 0.15) is 52.8 Å².